The Balaban J connectivity index is 1.84. The van der Waals surface area contributed by atoms with E-state index in [-0.39, 0.29) is 0 Å². The molecule has 14 heavy (non-hydrogen) atoms. The molecule has 1 saturated carbocycles. The lowest BCUT2D eigenvalue weighted by atomic mass is 10.3. The maximum Gasteiger partial charge on any atom is 0.234 e. The fourth-order valence-corrected chi connectivity index (χ4v) is 1.32. The molecule has 0 aliphatic heterocycles. The molecule has 1 aliphatic carbocycles. The summed E-state index contributed by atoms with van der Waals surface area (Å²) in [5, 5.41) is 7.99. The number of rotatable bonds is 5. The first-order chi connectivity index (χ1) is 6.88. The summed E-state index contributed by atoms with van der Waals surface area (Å²) in [5.74, 6) is 0.803. The van der Waals surface area contributed by atoms with Crippen LogP contribution < -0.4 is 0 Å². The molecule has 0 N–H and O–H groups in total. The molecular weight excluding hydrogens is 180 g/mol. The number of hydrogen-bond acceptors (Lipinski definition) is 4. The Kier molecular flexibility index (Phi) is 2.70. The fraction of sp³-hybridized carbons (Fsp3) is 0.667. The van der Waals surface area contributed by atoms with Crippen molar-refractivity contribution in [2.75, 3.05) is 6.54 Å². The van der Waals surface area contributed by atoms with Crippen molar-refractivity contribution in [1.29, 1.82) is 0 Å². The predicted octanol–water partition coefficient (Wildman–Crippen LogP) is 0.566. The van der Waals surface area contributed by atoms with Crippen molar-refractivity contribution in [3.8, 4) is 0 Å². The first-order valence-electron chi connectivity index (χ1n) is 4.81. The van der Waals surface area contributed by atoms with Gasteiger partial charge in [-0.15, -0.1) is 5.10 Å². The number of hydrogen-bond donors (Lipinski definition) is 0. The topological polar surface area (TPSA) is 60.1 Å². The monoisotopic (exact) mass is 192 g/mol. The van der Waals surface area contributed by atoms with Gasteiger partial charge < -0.3 is 0 Å². The van der Waals surface area contributed by atoms with Gasteiger partial charge in [-0.05, 0) is 18.8 Å². The van der Waals surface area contributed by atoms with Crippen molar-refractivity contribution < 1.29 is 4.79 Å². The summed E-state index contributed by atoms with van der Waals surface area (Å²) in [6.07, 6.45) is 6.72. The highest BCUT2D eigenvalue weighted by Gasteiger charge is 2.22. The number of isocyanates is 1. The normalized spacial score (nSPS) is 15.1. The van der Waals surface area contributed by atoms with Crippen LogP contribution in [0.3, 0.4) is 0 Å². The van der Waals surface area contributed by atoms with Gasteiger partial charge in [0.15, 0.2) is 0 Å². The Morgan fingerprint density at radius 3 is 3.21 bits per heavy atom. The highest BCUT2D eigenvalue weighted by atomic mass is 16.1. The van der Waals surface area contributed by atoms with Crippen LogP contribution in [0.2, 0.25) is 0 Å². The summed E-state index contributed by atoms with van der Waals surface area (Å²) in [6, 6.07) is 0. The lowest BCUT2D eigenvalue weighted by molar-refractivity contribution is 0.544. The van der Waals surface area contributed by atoms with E-state index in [1.54, 1.807) is 0 Å². The van der Waals surface area contributed by atoms with Crippen molar-refractivity contribution in [3.63, 3.8) is 0 Å². The average Bonchev–Trinajstić information content (AvgIpc) is 2.87. The lowest BCUT2D eigenvalue weighted by Gasteiger charge is -1.94. The van der Waals surface area contributed by atoms with E-state index < -0.39 is 0 Å². The zero-order valence-electron chi connectivity index (χ0n) is 7.89. The zero-order chi connectivity index (χ0) is 9.80. The Hall–Kier alpha value is -1.48. The molecule has 1 heterocycles. The van der Waals surface area contributed by atoms with Crippen molar-refractivity contribution in [2.24, 2.45) is 10.9 Å². The summed E-state index contributed by atoms with van der Waals surface area (Å²) in [6.45, 7) is 1.43. The molecule has 0 aromatic carbocycles. The van der Waals surface area contributed by atoms with Gasteiger partial charge in [0, 0.05) is 19.2 Å². The molecule has 0 amide bonds. The summed E-state index contributed by atoms with van der Waals surface area (Å²) < 4.78 is 1.87. The smallest absolute Gasteiger partial charge is 0.234 e. The van der Waals surface area contributed by atoms with E-state index in [0.29, 0.717) is 13.0 Å². The molecule has 1 fully saturated rings. The summed E-state index contributed by atoms with van der Waals surface area (Å²) >= 11 is 0. The first-order valence-corrected chi connectivity index (χ1v) is 4.81. The van der Waals surface area contributed by atoms with E-state index in [2.05, 4.69) is 15.3 Å². The second-order valence-corrected chi connectivity index (χ2v) is 3.60. The minimum absolute atomic E-state index is 0.450. The predicted molar refractivity (Wildman–Crippen MR) is 49.4 cm³/mol. The van der Waals surface area contributed by atoms with E-state index in [9.17, 15) is 4.79 Å². The molecule has 5 nitrogen and oxygen atoms in total. The summed E-state index contributed by atoms with van der Waals surface area (Å²) in [7, 11) is 0. The van der Waals surface area contributed by atoms with Crippen molar-refractivity contribution in [1.82, 2.24) is 15.0 Å². The van der Waals surface area contributed by atoms with Gasteiger partial charge in [0.25, 0.3) is 0 Å². The highest BCUT2D eigenvalue weighted by molar-refractivity contribution is 5.32. The number of carbonyl (C=O) groups excluding carboxylic acids is 1. The largest absolute Gasteiger partial charge is 0.252 e. The van der Waals surface area contributed by atoms with E-state index in [1.807, 2.05) is 10.9 Å². The highest BCUT2D eigenvalue weighted by Crippen LogP contribution is 2.30. The molecule has 0 radical (unpaired) electrons. The Morgan fingerprint density at radius 1 is 1.64 bits per heavy atom. The minimum Gasteiger partial charge on any atom is -0.252 e. The minimum atomic E-state index is 0.450. The van der Waals surface area contributed by atoms with Gasteiger partial charge >= 0.3 is 0 Å². The molecule has 74 valence electrons. The van der Waals surface area contributed by atoms with Crippen LogP contribution >= 0.6 is 0 Å². The third-order valence-electron chi connectivity index (χ3n) is 2.27. The number of nitrogens with zero attached hydrogens (tertiary/aromatic N) is 4. The standard InChI is InChI=1S/C9H12N4O/c14-7-10-4-3-9-6-13(12-11-9)5-8-1-2-8/h6,8H,1-5H2. The Labute approximate surface area is 81.8 Å². The SMILES string of the molecule is O=C=NCCc1cn(CC2CC2)nn1. The number of aromatic nitrogens is 3. The molecule has 0 spiro atoms. The summed E-state index contributed by atoms with van der Waals surface area (Å²) in [5.41, 5.74) is 0.893. The van der Waals surface area contributed by atoms with Gasteiger partial charge in [-0.1, -0.05) is 5.21 Å². The van der Waals surface area contributed by atoms with Crippen LogP contribution in [0.25, 0.3) is 0 Å². The Bertz CT molecular complexity index is 349. The fourth-order valence-electron chi connectivity index (χ4n) is 1.32. The van der Waals surface area contributed by atoms with Crippen LogP contribution in [-0.2, 0) is 17.8 Å². The number of aliphatic imine (C=N–C) groups is 1. The van der Waals surface area contributed by atoms with Gasteiger partial charge in [0.2, 0.25) is 6.08 Å². The van der Waals surface area contributed by atoms with E-state index in [1.165, 1.54) is 18.9 Å². The summed E-state index contributed by atoms with van der Waals surface area (Å²) in [4.78, 5) is 13.3. The van der Waals surface area contributed by atoms with Crippen LogP contribution in [0.4, 0.5) is 0 Å². The lowest BCUT2D eigenvalue weighted by Crippen LogP contribution is -1.99. The third kappa shape index (κ3) is 2.50. The van der Waals surface area contributed by atoms with Gasteiger partial charge in [0.05, 0.1) is 12.2 Å². The van der Waals surface area contributed by atoms with Crippen molar-refractivity contribution in [3.05, 3.63) is 11.9 Å². The van der Waals surface area contributed by atoms with E-state index in [0.717, 1.165) is 18.2 Å². The Morgan fingerprint density at radius 2 is 2.50 bits per heavy atom. The second kappa shape index (κ2) is 4.15. The molecule has 5 heteroatoms. The zero-order valence-corrected chi connectivity index (χ0v) is 7.89. The maximum atomic E-state index is 9.82. The molecule has 0 saturated heterocycles. The maximum absolute atomic E-state index is 9.82. The van der Waals surface area contributed by atoms with Crippen molar-refractivity contribution >= 4 is 6.08 Å². The van der Waals surface area contributed by atoms with E-state index >= 15 is 0 Å². The van der Waals surface area contributed by atoms with Crippen LogP contribution in [0.15, 0.2) is 11.2 Å². The van der Waals surface area contributed by atoms with Crippen LogP contribution in [0.5, 0.6) is 0 Å². The second-order valence-electron chi connectivity index (χ2n) is 3.60. The van der Waals surface area contributed by atoms with Crippen LogP contribution in [0, 0.1) is 5.92 Å². The molecule has 2 rings (SSSR count). The third-order valence-corrected chi connectivity index (χ3v) is 2.27. The van der Waals surface area contributed by atoms with Gasteiger partial charge in [-0.2, -0.15) is 0 Å². The van der Waals surface area contributed by atoms with Gasteiger partial charge in [-0.25, -0.2) is 9.79 Å². The van der Waals surface area contributed by atoms with E-state index in [4.69, 9.17) is 0 Å². The van der Waals surface area contributed by atoms with Gasteiger partial charge in [-0.3, -0.25) is 4.68 Å². The molecule has 0 unspecified atom stereocenters. The van der Waals surface area contributed by atoms with Crippen LogP contribution in [0.1, 0.15) is 18.5 Å². The first kappa shape index (κ1) is 9.09. The average molecular weight is 192 g/mol. The molecule has 1 aromatic rings. The molecular formula is C9H12N4O. The van der Waals surface area contributed by atoms with Crippen LogP contribution in [-0.4, -0.2) is 27.6 Å². The quantitative estimate of drug-likeness (QED) is 0.506. The molecule has 0 atom stereocenters. The molecule has 1 aromatic heterocycles. The molecule has 0 bridgehead atoms. The molecule has 1 aliphatic rings. The van der Waals surface area contributed by atoms with Crippen molar-refractivity contribution in [2.45, 2.75) is 25.8 Å². The van der Waals surface area contributed by atoms with Gasteiger partial charge in [0.1, 0.15) is 0 Å².